The lowest BCUT2D eigenvalue weighted by Gasteiger charge is -2.23. The van der Waals surface area contributed by atoms with E-state index in [0.717, 1.165) is 6.42 Å². The zero-order chi connectivity index (χ0) is 9.61. The molecule has 0 saturated carbocycles. The summed E-state index contributed by atoms with van der Waals surface area (Å²) in [7, 11) is 0. The van der Waals surface area contributed by atoms with Crippen LogP contribution >= 0.6 is 0 Å². The van der Waals surface area contributed by atoms with Crippen molar-refractivity contribution < 1.29 is 20.2 Å². The SMILES string of the molecule is CCCCC(O)(O)CN(O)C=O. The van der Waals surface area contributed by atoms with E-state index in [2.05, 4.69) is 0 Å². The lowest BCUT2D eigenvalue weighted by atomic mass is 10.1. The molecule has 0 unspecified atom stereocenters. The van der Waals surface area contributed by atoms with Gasteiger partial charge in [-0.25, -0.2) is 5.06 Å². The molecule has 1 amide bonds. The normalized spacial score (nSPS) is 11.3. The highest BCUT2D eigenvalue weighted by Crippen LogP contribution is 2.10. The number of carbonyl (C=O) groups excluding carboxylic acids is 1. The van der Waals surface area contributed by atoms with E-state index in [1.54, 1.807) is 0 Å². The number of rotatable bonds is 6. The molecule has 3 N–H and O–H groups in total. The molecule has 0 aromatic heterocycles. The van der Waals surface area contributed by atoms with Gasteiger partial charge in [-0.2, -0.15) is 0 Å². The summed E-state index contributed by atoms with van der Waals surface area (Å²) in [6, 6.07) is 0. The largest absolute Gasteiger partial charge is 0.364 e. The third-order valence-corrected chi connectivity index (χ3v) is 1.47. The molecular weight excluding hydrogens is 162 g/mol. The Morgan fingerprint density at radius 3 is 2.50 bits per heavy atom. The highest BCUT2D eigenvalue weighted by atomic mass is 16.5. The highest BCUT2D eigenvalue weighted by Gasteiger charge is 2.24. The third-order valence-electron chi connectivity index (χ3n) is 1.47. The van der Waals surface area contributed by atoms with E-state index in [1.807, 2.05) is 6.92 Å². The summed E-state index contributed by atoms with van der Waals surface area (Å²) in [5.41, 5.74) is 0. The van der Waals surface area contributed by atoms with Crippen molar-refractivity contribution >= 4 is 6.41 Å². The van der Waals surface area contributed by atoms with Crippen LogP contribution in [0.2, 0.25) is 0 Å². The van der Waals surface area contributed by atoms with Gasteiger partial charge in [-0.3, -0.25) is 10.0 Å². The number of hydrogen-bond donors (Lipinski definition) is 3. The van der Waals surface area contributed by atoms with Crippen molar-refractivity contribution in [2.75, 3.05) is 6.54 Å². The first-order valence-corrected chi connectivity index (χ1v) is 3.87. The van der Waals surface area contributed by atoms with Gasteiger partial charge in [0.2, 0.25) is 6.41 Å². The maximum atomic E-state index is 9.91. The maximum absolute atomic E-state index is 9.91. The second kappa shape index (κ2) is 5.08. The van der Waals surface area contributed by atoms with Gasteiger partial charge in [0, 0.05) is 6.42 Å². The van der Waals surface area contributed by atoms with E-state index in [-0.39, 0.29) is 17.9 Å². The number of aliphatic hydroxyl groups is 2. The lowest BCUT2D eigenvalue weighted by Crippen LogP contribution is -2.41. The van der Waals surface area contributed by atoms with Gasteiger partial charge in [-0.15, -0.1) is 0 Å². The van der Waals surface area contributed by atoms with Gasteiger partial charge in [0.05, 0.1) is 0 Å². The van der Waals surface area contributed by atoms with Crippen LogP contribution in [0.1, 0.15) is 26.2 Å². The van der Waals surface area contributed by atoms with Crippen molar-refractivity contribution in [2.45, 2.75) is 32.0 Å². The molecule has 5 heteroatoms. The third kappa shape index (κ3) is 5.06. The predicted molar refractivity (Wildman–Crippen MR) is 41.3 cm³/mol. The van der Waals surface area contributed by atoms with Crippen LogP contribution in [0.5, 0.6) is 0 Å². The fraction of sp³-hybridized carbons (Fsp3) is 0.857. The van der Waals surface area contributed by atoms with E-state index in [0.29, 0.717) is 6.42 Å². The number of hydroxylamine groups is 2. The molecule has 0 aliphatic carbocycles. The quantitative estimate of drug-likeness (QED) is 0.225. The fourth-order valence-electron chi connectivity index (χ4n) is 0.836. The van der Waals surface area contributed by atoms with Gasteiger partial charge in [-0.1, -0.05) is 13.3 Å². The number of hydrogen-bond acceptors (Lipinski definition) is 4. The first-order valence-electron chi connectivity index (χ1n) is 3.87. The molecule has 0 spiro atoms. The first-order chi connectivity index (χ1) is 5.52. The first kappa shape index (κ1) is 11.4. The maximum Gasteiger partial charge on any atom is 0.233 e. The minimum absolute atomic E-state index is 0.132. The van der Waals surface area contributed by atoms with Crippen LogP contribution < -0.4 is 0 Å². The number of amides is 1. The van der Waals surface area contributed by atoms with Gasteiger partial charge in [0.1, 0.15) is 6.54 Å². The molecule has 0 radical (unpaired) electrons. The molecular formula is C7H15NO4. The van der Waals surface area contributed by atoms with Crippen molar-refractivity contribution in [3.63, 3.8) is 0 Å². The lowest BCUT2D eigenvalue weighted by molar-refractivity contribution is -0.220. The van der Waals surface area contributed by atoms with Crippen LogP contribution in [-0.4, -0.2) is 39.2 Å². The Bertz CT molecular complexity index is 137. The van der Waals surface area contributed by atoms with E-state index in [4.69, 9.17) is 15.4 Å². The molecule has 0 saturated heterocycles. The number of carbonyl (C=O) groups is 1. The molecule has 0 atom stereocenters. The molecule has 0 aromatic carbocycles. The molecule has 0 rings (SSSR count). The van der Waals surface area contributed by atoms with E-state index >= 15 is 0 Å². The Labute approximate surface area is 71.2 Å². The van der Waals surface area contributed by atoms with Crippen molar-refractivity contribution in [3.8, 4) is 0 Å². The highest BCUT2D eigenvalue weighted by molar-refractivity contribution is 5.44. The average Bonchev–Trinajstić information content (AvgIpc) is 2.00. The van der Waals surface area contributed by atoms with Crippen LogP contribution in [-0.2, 0) is 4.79 Å². The van der Waals surface area contributed by atoms with Gasteiger partial charge < -0.3 is 10.2 Å². The molecule has 5 nitrogen and oxygen atoms in total. The van der Waals surface area contributed by atoms with Crippen LogP contribution in [0, 0.1) is 0 Å². The second-order valence-corrected chi connectivity index (χ2v) is 2.79. The van der Waals surface area contributed by atoms with Gasteiger partial charge in [0.25, 0.3) is 0 Å². The van der Waals surface area contributed by atoms with E-state index < -0.39 is 12.3 Å². The summed E-state index contributed by atoms with van der Waals surface area (Å²) < 4.78 is 0. The zero-order valence-corrected chi connectivity index (χ0v) is 7.10. The number of nitrogens with zero attached hydrogens (tertiary/aromatic N) is 1. The van der Waals surface area contributed by atoms with Crippen molar-refractivity contribution in [1.29, 1.82) is 0 Å². The van der Waals surface area contributed by atoms with Crippen molar-refractivity contribution in [1.82, 2.24) is 5.06 Å². The monoisotopic (exact) mass is 177 g/mol. The second-order valence-electron chi connectivity index (χ2n) is 2.79. The summed E-state index contributed by atoms with van der Waals surface area (Å²) in [6.07, 6.45) is 1.75. The molecule has 0 aromatic rings. The van der Waals surface area contributed by atoms with Crippen LogP contribution in [0.4, 0.5) is 0 Å². The van der Waals surface area contributed by atoms with Crippen molar-refractivity contribution in [2.24, 2.45) is 0 Å². The minimum atomic E-state index is -1.98. The Morgan fingerprint density at radius 1 is 1.50 bits per heavy atom. The average molecular weight is 177 g/mol. The Kier molecular flexibility index (Phi) is 4.80. The Hall–Kier alpha value is -0.650. The fourth-order valence-corrected chi connectivity index (χ4v) is 0.836. The molecule has 0 heterocycles. The van der Waals surface area contributed by atoms with Crippen LogP contribution in [0.25, 0.3) is 0 Å². The zero-order valence-electron chi connectivity index (χ0n) is 7.10. The van der Waals surface area contributed by atoms with Crippen LogP contribution in [0.3, 0.4) is 0 Å². The summed E-state index contributed by atoms with van der Waals surface area (Å²) in [6.45, 7) is 1.43. The molecule has 72 valence electrons. The smallest absolute Gasteiger partial charge is 0.233 e. The van der Waals surface area contributed by atoms with Crippen LogP contribution in [0.15, 0.2) is 0 Å². The summed E-state index contributed by atoms with van der Waals surface area (Å²) >= 11 is 0. The summed E-state index contributed by atoms with van der Waals surface area (Å²) in [5, 5.41) is 27.1. The van der Waals surface area contributed by atoms with Gasteiger partial charge in [-0.05, 0) is 6.42 Å². The molecule has 12 heavy (non-hydrogen) atoms. The molecule has 0 aliphatic heterocycles. The van der Waals surface area contributed by atoms with E-state index in [1.165, 1.54) is 0 Å². The molecule has 0 fully saturated rings. The predicted octanol–water partition coefficient (Wildman–Crippen LogP) is -0.295. The molecule has 0 aliphatic rings. The standard InChI is InChI=1S/C7H15NO4/c1-2-3-4-7(10,11)5-8(12)6-9/h6,10-12H,2-5H2,1H3. The Morgan fingerprint density at radius 2 is 2.08 bits per heavy atom. The van der Waals surface area contributed by atoms with Crippen molar-refractivity contribution in [3.05, 3.63) is 0 Å². The Balaban J connectivity index is 3.77. The van der Waals surface area contributed by atoms with E-state index in [9.17, 15) is 4.79 Å². The van der Waals surface area contributed by atoms with Gasteiger partial charge in [0.15, 0.2) is 5.79 Å². The minimum Gasteiger partial charge on any atom is -0.364 e. The molecule has 0 bridgehead atoms. The summed E-state index contributed by atoms with van der Waals surface area (Å²) in [4.78, 5) is 9.91. The number of unbranched alkanes of at least 4 members (excludes halogenated alkanes) is 1. The van der Waals surface area contributed by atoms with Gasteiger partial charge >= 0.3 is 0 Å². The topological polar surface area (TPSA) is 81.0 Å². The summed E-state index contributed by atoms with van der Waals surface area (Å²) in [5.74, 6) is -1.98.